The molecule has 1 amide bonds. The number of benzene rings is 2. The second-order valence-electron chi connectivity index (χ2n) is 8.75. The Morgan fingerprint density at radius 1 is 1.28 bits per heavy atom. The normalized spacial score (nSPS) is 18.7. The second-order valence-corrected chi connectivity index (χ2v) is 12.0. The van der Waals surface area contributed by atoms with Gasteiger partial charge in [0.25, 0.3) is 16.0 Å². The van der Waals surface area contributed by atoms with Crippen molar-refractivity contribution >= 4 is 50.4 Å². The number of hydrogen-bond acceptors (Lipinski definition) is 7. The Kier molecular flexibility index (Phi) is 6.50. The van der Waals surface area contributed by atoms with E-state index in [1.807, 2.05) is 56.4 Å². The van der Waals surface area contributed by atoms with E-state index in [2.05, 4.69) is 6.07 Å². The van der Waals surface area contributed by atoms with Crippen molar-refractivity contribution in [3.8, 4) is 22.7 Å². The van der Waals surface area contributed by atoms with Crippen molar-refractivity contribution in [2.24, 2.45) is 0 Å². The van der Waals surface area contributed by atoms with Gasteiger partial charge in [-0.2, -0.15) is 13.5 Å². The first-order chi connectivity index (χ1) is 17.1. The van der Waals surface area contributed by atoms with Gasteiger partial charge in [-0.25, -0.2) is 4.68 Å². The molecule has 8 nitrogen and oxygen atoms in total. The van der Waals surface area contributed by atoms with Gasteiger partial charge < -0.3 is 4.74 Å². The minimum atomic E-state index is -4.22. The van der Waals surface area contributed by atoms with E-state index in [9.17, 15) is 13.2 Å². The molecule has 11 heteroatoms. The third-order valence-corrected chi connectivity index (χ3v) is 8.02. The Hall–Kier alpha value is -2.99. The molecule has 0 saturated carbocycles. The number of para-hydroxylation sites is 1. The van der Waals surface area contributed by atoms with E-state index in [-0.39, 0.29) is 17.0 Å². The number of thioether (sulfide) groups is 1. The van der Waals surface area contributed by atoms with Gasteiger partial charge >= 0.3 is 0 Å². The molecular weight excluding hydrogens is 518 g/mol. The zero-order chi connectivity index (χ0) is 25.6. The Balaban J connectivity index is 1.57. The standard InChI is InChI=1S/C25H23N3O5S3/c1-15-10-17(12-18-11-16(2)33-23(15)18)22-19(14-28(26-22)20-6-4-3-5-7-20)13-21-24(29)27(25(34)35-21)8-9-36(30,31)32/h3-7,10,12-14,16H,8-9,11H2,1-2H3,(H,30,31,32)/b21-13-/t16-/m1/s1. The van der Waals surface area contributed by atoms with Gasteiger partial charge in [-0.05, 0) is 55.3 Å². The average Bonchev–Trinajstić information content (AvgIpc) is 3.48. The van der Waals surface area contributed by atoms with Crippen LogP contribution in [0.2, 0.25) is 0 Å². The molecule has 2 aliphatic rings. The first-order valence-electron chi connectivity index (χ1n) is 11.3. The molecule has 0 bridgehead atoms. The Labute approximate surface area is 218 Å². The number of aryl methyl sites for hydroxylation is 1. The lowest BCUT2D eigenvalue weighted by molar-refractivity contribution is -0.121. The van der Waals surface area contributed by atoms with E-state index < -0.39 is 21.8 Å². The summed E-state index contributed by atoms with van der Waals surface area (Å²) >= 11 is 6.40. The van der Waals surface area contributed by atoms with Crippen molar-refractivity contribution in [3.05, 3.63) is 70.3 Å². The monoisotopic (exact) mass is 541 g/mol. The summed E-state index contributed by atoms with van der Waals surface area (Å²) in [6.45, 7) is 3.84. The number of carbonyl (C=O) groups excluding carboxylic acids is 1. The highest BCUT2D eigenvalue weighted by molar-refractivity contribution is 8.26. The van der Waals surface area contributed by atoms with Crippen molar-refractivity contribution < 1.29 is 22.5 Å². The fourth-order valence-electron chi connectivity index (χ4n) is 4.33. The van der Waals surface area contributed by atoms with Crippen molar-refractivity contribution in [1.29, 1.82) is 0 Å². The molecule has 36 heavy (non-hydrogen) atoms. The molecule has 1 aromatic heterocycles. The van der Waals surface area contributed by atoms with Crippen LogP contribution in [0.3, 0.4) is 0 Å². The summed E-state index contributed by atoms with van der Waals surface area (Å²) in [4.78, 5) is 14.6. The van der Waals surface area contributed by atoms with Gasteiger partial charge in [0.1, 0.15) is 21.9 Å². The summed E-state index contributed by atoms with van der Waals surface area (Å²) in [5, 5.41) is 4.86. The van der Waals surface area contributed by atoms with Gasteiger partial charge in [0.2, 0.25) is 0 Å². The molecule has 1 N–H and O–H groups in total. The number of thiocarbonyl (C=S) groups is 1. The van der Waals surface area contributed by atoms with Gasteiger partial charge in [0.05, 0.1) is 16.3 Å². The van der Waals surface area contributed by atoms with Crippen molar-refractivity contribution in [3.63, 3.8) is 0 Å². The number of amides is 1. The maximum atomic E-state index is 13.0. The van der Waals surface area contributed by atoms with Crippen LogP contribution in [0.15, 0.2) is 53.6 Å². The Morgan fingerprint density at radius 3 is 2.75 bits per heavy atom. The Bertz CT molecular complexity index is 1510. The first kappa shape index (κ1) is 24.7. The molecule has 2 aliphatic heterocycles. The number of nitrogens with zero attached hydrogens (tertiary/aromatic N) is 3. The Morgan fingerprint density at radius 2 is 2.03 bits per heavy atom. The SMILES string of the molecule is Cc1cc(-c2nn(-c3ccccc3)cc2/C=C2\SC(=S)N(CCS(=O)(=O)O)C2=O)cc2c1O[C@H](C)C2. The molecule has 0 radical (unpaired) electrons. The molecule has 1 fully saturated rings. The zero-order valence-electron chi connectivity index (χ0n) is 19.5. The quantitative estimate of drug-likeness (QED) is 0.281. The maximum absolute atomic E-state index is 13.0. The molecule has 1 saturated heterocycles. The largest absolute Gasteiger partial charge is 0.490 e. The van der Waals surface area contributed by atoms with Crippen LogP contribution in [0.1, 0.15) is 23.6 Å². The molecule has 2 aromatic carbocycles. The van der Waals surface area contributed by atoms with E-state index in [0.29, 0.717) is 10.6 Å². The van der Waals surface area contributed by atoms with Gasteiger partial charge in [-0.3, -0.25) is 14.2 Å². The molecule has 5 rings (SSSR count). The van der Waals surface area contributed by atoms with Gasteiger partial charge in [0, 0.05) is 30.3 Å². The number of aromatic nitrogens is 2. The summed E-state index contributed by atoms with van der Waals surface area (Å²) in [5.74, 6) is -0.0758. The van der Waals surface area contributed by atoms with E-state index in [1.54, 1.807) is 10.8 Å². The molecule has 0 aliphatic carbocycles. The lowest BCUT2D eigenvalue weighted by atomic mass is 9.99. The van der Waals surface area contributed by atoms with E-state index in [0.717, 1.165) is 51.9 Å². The van der Waals surface area contributed by atoms with Crippen LogP contribution in [0, 0.1) is 6.92 Å². The third kappa shape index (κ3) is 4.96. The second kappa shape index (κ2) is 9.47. The number of ether oxygens (including phenoxy) is 1. The molecule has 0 spiro atoms. The maximum Gasteiger partial charge on any atom is 0.266 e. The highest BCUT2D eigenvalue weighted by Gasteiger charge is 2.33. The smallest absolute Gasteiger partial charge is 0.266 e. The number of hydrogen-bond donors (Lipinski definition) is 1. The topological polar surface area (TPSA) is 102 Å². The summed E-state index contributed by atoms with van der Waals surface area (Å²) in [7, 11) is -4.22. The lowest BCUT2D eigenvalue weighted by Crippen LogP contribution is -2.32. The number of fused-ring (bicyclic) bond motifs is 1. The fraction of sp³-hybridized carbons (Fsp3) is 0.240. The van der Waals surface area contributed by atoms with E-state index in [4.69, 9.17) is 26.6 Å². The summed E-state index contributed by atoms with van der Waals surface area (Å²) in [6, 6.07) is 13.8. The fourth-order valence-corrected chi connectivity index (χ4v) is 6.04. The number of carbonyl (C=O) groups is 1. The van der Waals surface area contributed by atoms with Crippen LogP contribution in [-0.2, 0) is 21.3 Å². The van der Waals surface area contributed by atoms with E-state index in [1.165, 1.54) is 4.90 Å². The van der Waals surface area contributed by atoms with Crippen molar-refractivity contribution in [2.75, 3.05) is 12.3 Å². The van der Waals surface area contributed by atoms with Gasteiger partial charge in [-0.1, -0.05) is 42.2 Å². The summed E-state index contributed by atoms with van der Waals surface area (Å²) in [5.41, 5.74) is 5.34. The molecule has 3 heterocycles. The average molecular weight is 542 g/mol. The number of rotatable bonds is 6. The van der Waals surface area contributed by atoms with Crippen LogP contribution in [-0.4, -0.2) is 56.3 Å². The van der Waals surface area contributed by atoms with Crippen LogP contribution in [0.4, 0.5) is 0 Å². The third-order valence-electron chi connectivity index (χ3n) is 5.95. The van der Waals surface area contributed by atoms with Crippen LogP contribution < -0.4 is 4.74 Å². The summed E-state index contributed by atoms with van der Waals surface area (Å²) < 4.78 is 39.4. The van der Waals surface area contributed by atoms with Gasteiger partial charge in [-0.15, -0.1) is 0 Å². The molecule has 3 aromatic rings. The van der Waals surface area contributed by atoms with Gasteiger partial charge in [0.15, 0.2) is 0 Å². The van der Waals surface area contributed by atoms with Crippen LogP contribution in [0.25, 0.3) is 23.0 Å². The predicted molar refractivity (Wildman–Crippen MR) is 144 cm³/mol. The minimum Gasteiger partial charge on any atom is -0.490 e. The predicted octanol–water partition coefficient (Wildman–Crippen LogP) is 4.26. The molecular formula is C25H23N3O5S3. The zero-order valence-corrected chi connectivity index (χ0v) is 22.0. The highest BCUT2D eigenvalue weighted by Crippen LogP contribution is 2.39. The molecule has 1 atom stereocenters. The van der Waals surface area contributed by atoms with Crippen molar-refractivity contribution in [1.82, 2.24) is 14.7 Å². The first-order valence-corrected chi connectivity index (χ1v) is 14.1. The minimum absolute atomic E-state index is 0.111. The lowest BCUT2D eigenvalue weighted by Gasteiger charge is -2.12. The summed E-state index contributed by atoms with van der Waals surface area (Å²) in [6.07, 6.45) is 4.51. The molecule has 186 valence electrons. The van der Waals surface area contributed by atoms with Crippen molar-refractivity contribution in [2.45, 2.75) is 26.4 Å². The van der Waals surface area contributed by atoms with Crippen LogP contribution in [0.5, 0.6) is 5.75 Å². The molecule has 0 unspecified atom stereocenters. The highest BCUT2D eigenvalue weighted by atomic mass is 32.2. The van der Waals surface area contributed by atoms with E-state index >= 15 is 0 Å². The van der Waals surface area contributed by atoms with Crippen LogP contribution >= 0.6 is 24.0 Å².